The quantitative estimate of drug-likeness (QED) is 0.561. The number of nitrogens with zero attached hydrogens (tertiary/aromatic N) is 3. The molecule has 0 spiro atoms. The Morgan fingerprint density at radius 3 is 2.64 bits per heavy atom. The van der Waals surface area contributed by atoms with E-state index in [-0.39, 0.29) is 0 Å². The maximum absolute atomic E-state index is 10.9. The second-order valence-electron chi connectivity index (χ2n) is 5.35. The SMILES string of the molecule is O=C(O)/C=C/c1sc(-n2cnc3ccccc32)nc1-c1ccccc1. The third kappa shape index (κ3) is 2.95. The zero-order chi connectivity index (χ0) is 17.2. The van der Waals surface area contributed by atoms with Crippen molar-refractivity contribution >= 4 is 34.4 Å². The number of carboxylic acids is 1. The van der Waals surface area contributed by atoms with Crippen LogP contribution in [-0.4, -0.2) is 25.6 Å². The van der Waals surface area contributed by atoms with Gasteiger partial charge in [-0.3, -0.25) is 4.57 Å². The first-order valence-electron chi connectivity index (χ1n) is 7.62. The molecule has 0 unspecified atom stereocenters. The first kappa shape index (κ1) is 15.3. The van der Waals surface area contributed by atoms with Crippen molar-refractivity contribution in [3.8, 4) is 16.4 Å². The summed E-state index contributed by atoms with van der Waals surface area (Å²) in [5, 5.41) is 9.70. The third-order valence-electron chi connectivity index (χ3n) is 3.73. The molecule has 2 aromatic carbocycles. The molecule has 0 atom stereocenters. The number of thiazole rings is 1. The fourth-order valence-electron chi connectivity index (χ4n) is 2.60. The van der Waals surface area contributed by atoms with Crippen molar-refractivity contribution in [1.82, 2.24) is 14.5 Å². The van der Waals surface area contributed by atoms with E-state index in [1.165, 1.54) is 11.3 Å². The normalized spacial score (nSPS) is 11.4. The van der Waals surface area contributed by atoms with Gasteiger partial charge in [0.1, 0.15) is 6.33 Å². The van der Waals surface area contributed by atoms with Crippen LogP contribution in [0.5, 0.6) is 0 Å². The van der Waals surface area contributed by atoms with Gasteiger partial charge in [0.15, 0.2) is 5.13 Å². The van der Waals surface area contributed by atoms with Gasteiger partial charge < -0.3 is 5.11 Å². The Morgan fingerprint density at radius 1 is 1.08 bits per heavy atom. The fourth-order valence-corrected chi connectivity index (χ4v) is 3.57. The van der Waals surface area contributed by atoms with Crippen LogP contribution in [0.4, 0.5) is 0 Å². The number of hydrogen-bond donors (Lipinski definition) is 1. The minimum absolute atomic E-state index is 0.748. The van der Waals surface area contributed by atoms with Crippen molar-refractivity contribution in [3.05, 3.63) is 71.9 Å². The molecule has 0 saturated heterocycles. The summed E-state index contributed by atoms with van der Waals surface area (Å²) in [6.45, 7) is 0. The predicted octanol–water partition coefficient (Wildman–Crippen LogP) is 4.25. The Hall–Kier alpha value is -3.25. The maximum Gasteiger partial charge on any atom is 0.328 e. The number of para-hydroxylation sites is 2. The first-order valence-corrected chi connectivity index (χ1v) is 8.44. The number of carboxylic acid groups (broad SMARTS) is 1. The number of fused-ring (bicyclic) bond motifs is 1. The molecule has 25 heavy (non-hydrogen) atoms. The molecule has 0 aliphatic rings. The van der Waals surface area contributed by atoms with Gasteiger partial charge in [-0.05, 0) is 18.2 Å². The van der Waals surface area contributed by atoms with Crippen LogP contribution in [-0.2, 0) is 4.79 Å². The number of hydrogen-bond acceptors (Lipinski definition) is 4. The summed E-state index contributed by atoms with van der Waals surface area (Å²) in [5.41, 5.74) is 3.56. The van der Waals surface area contributed by atoms with Gasteiger partial charge in [0.05, 0.1) is 21.6 Å². The molecule has 0 aliphatic heterocycles. The van der Waals surface area contributed by atoms with Crippen molar-refractivity contribution in [2.75, 3.05) is 0 Å². The summed E-state index contributed by atoms with van der Waals surface area (Å²) in [6.07, 6.45) is 4.46. The van der Waals surface area contributed by atoms with Gasteiger partial charge in [0.25, 0.3) is 0 Å². The van der Waals surface area contributed by atoms with E-state index in [1.807, 2.05) is 59.2 Å². The molecular weight excluding hydrogens is 334 g/mol. The fraction of sp³-hybridized carbons (Fsp3) is 0. The summed E-state index contributed by atoms with van der Waals surface area (Å²) in [5.74, 6) is -0.984. The average Bonchev–Trinajstić information content (AvgIpc) is 3.24. The molecule has 2 heterocycles. The molecule has 0 fully saturated rings. The van der Waals surface area contributed by atoms with Crippen molar-refractivity contribution in [1.29, 1.82) is 0 Å². The first-order chi connectivity index (χ1) is 12.2. The Labute approximate surface area is 147 Å². The van der Waals surface area contributed by atoms with Crippen LogP contribution in [0.2, 0.25) is 0 Å². The highest BCUT2D eigenvalue weighted by Gasteiger charge is 2.14. The summed E-state index contributed by atoms with van der Waals surface area (Å²) >= 11 is 1.43. The lowest BCUT2D eigenvalue weighted by molar-refractivity contribution is -0.131. The molecular formula is C19H13N3O2S. The van der Waals surface area contributed by atoms with Gasteiger partial charge in [0, 0.05) is 11.6 Å². The maximum atomic E-state index is 10.9. The summed E-state index contributed by atoms with van der Waals surface area (Å²) in [4.78, 5) is 20.9. The number of aliphatic carboxylic acids is 1. The van der Waals surface area contributed by atoms with Crippen LogP contribution in [0.3, 0.4) is 0 Å². The Balaban J connectivity index is 1.88. The van der Waals surface area contributed by atoms with Crippen LogP contribution >= 0.6 is 11.3 Å². The lowest BCUT2D eigenvalue weighted by atomic mass is 10.1. The minimum atomic E-state index is -0.984. The topological polar surface area (TPSA) is 68.0 Å². The van der Waals surface area contributed by atoms with Crippen LogP contribution in [0.25, 0.3) is 33.5 Å². The van der Waals surface area contributed by atoms with E-state index in [9.17, 15) is 4.79 Å². The summed E-state index contributed by atoms with van der Waals surface area (Å²) in [6, 6.07) is 17.6. The third-order valence-corrected chi connectivity index (χ3v) is 4.75. The van der Waals surface area contributed by atoms with Crippen molar-refractivity contribution in [3.63, 3.8) is 0 Å². The highest BCUT2D eigenvalue weighted by molar-refractivity contribution is 7.15. The monoisotopic (exact) mass is 347 g/mol. The smallest absolute Gasteiger partial charge is 0.328 e. The molecule has 4 aromatic rings. The highest BCUT2D eigenvalue weighted by Crippen LogP contribution is 2.32. The van der Waals surface area contributed by atoms with E-state index in [1.54, 1.807) is 12.4 Å². The van der Waals surface area contributed by atoms with E-state index in [0.717, 1.165) is 38.4 Å². The lowest BCUT2D eigenvalue weighted by Crippen LogP contribution is -1.90. The molecule has 122 valence electrons. The molecule has 1 N–H and O–H groups in total. The van der Waals surface area contributed by atoms with Crippen LogP contribution in [0, 0.1) is 0 Å². The van der Waals surface area contributed by atoms with Crippen LogP contribution < -0.4 is 0 Å². The van der Waals surface area contributed by atoms with Gasteiger partial charge in [-0.15, -0.1) is 0 Å². The van der Waals surface area contributed by atoms with E-state index in [2.05, 4.69) is 4.98 Å². The second kappa shape index (κ2) is 6.33. The number of aromatic nitrogens is 3. The molecule has 0 saturated carbocycles. The van der Waals surface area contributed by atoms with Crippen molar-refractivity contribution in [2.24, 2.45) is 0 Å². The lowest BCUT2D eigenvalue weighted by Gasteiger charge is -1.99. The van der Waals surface area contributed by atoms with Gasteiger partial charge in [-0.2, -0.15) is 0 Å². The molecule has 2 aromatic heterocycles. The van der Waals surface area contributed by atoms with E-state index in [0.29, 0.717) is 0 Å². The van der Waals surface area contributed by atoms with E-state index < -0.39 is 5.97 Å². The van der Waals surface area contributed by atoms with E-state index in [4.69, 9.17) is 10.1 Å². The predicted molar refractivity (Wildman–Crippen MR) is 98.8 cm³/mol. The minimum Gasteiger partial charge on any atom is -0.478 e. The Kier molecular flexibility index (Phi) is 3.87. The zero-order valence-electron chi connectivity index (χ0n) is 13.0. The Morgan fingerprint density at radius 2 is 1.84 bits per heavy atom. The van der Waals surface area contributed by atoms with Crippen LogP contribution in [0.1, 0.15) is 4.88 Å². The number of imidazole rings is 1. The van der Waals surface area contributed by atoms with Gasteiger partial charge in [0.2, 0.25) is 0 Å². The molecule has 5 nitrogen and oxygen atoms in total. The molecule has 0 bridgehead atoms. The van der Waals surface area contributed by atoms with Crippen LogP contribution in [0.15, 0.2) is 67.0 Å². The average molecular weight is 347 g/mol. The number of rotatable bonds is 4. The van der Waals surface area contributed by atoms with Gasteiger partial charge in [-0.1, -0.05) is 53.8 Å². The standard InChI is InChI=1S/C19H13N3O2S/c23-17(24)11-10-16-18(13-6-2-1-3-7-13)21-19(25-16)22-12-20-14-8-4-5-9-15(14)22/h1-12H,(H,23,24)/b11-10+. The highest BCUT2D eigenvalue weighted by atomic mass is 32.1. The largest absolute Gasteiger partial charge is 0.478 e. The summed E-state index contributed by atoms with van der Waals surface area (Å²) < 4.78 is 1.92. The zero-order valence-corrected chi connectivity index (χ0v) is 13.9. The van der Waals surface area contributed by atoms with Crippen molar-refractivity contribution < 1.29 is 9.90 Å². The molecule has 4 rings (SSSR count). The Bertz CT molecular complexity index is 1080. The van der Waals surface area contributed by atoms with Gasteiger partial charge in [-0.25, -0.2) is 14.8 Å². The number of carbonyl (C=O) groups is 1. The molecule has 0 radical (unpaired) electrons. The van der Waals surface area contributed by atoms with Crippen molar-refractivity contribution in [2.45, 2.75) is 0 Å². The molecule has 0 amide bonds. The van der Waals surface area contributed by atoms with Gasteiger partial charge >= 0.3 is 5.97 Å². The number of benzene rings is 2. The molecule has 6 heteroatoms. The summed E-state index contributed by atoms with van der Waals surface area (Å²) in [7, 11) is 0. The second-order valence-corrected chi connectivity index (χ2v) is 6.36. The van der Waals surface area contributed by atoms with E-state index >= 15 is 0 Å². The molecule has 0 aliphatic carbocycles.